The summed E-state index contributed by atoms with van der Waals surface area (Å²) in [6, 6.07) is 6.16. The number of carbonyl (C=O) groups is 2. The molecule has 1 aromatic carbocycles. The standard InChI is InChI=1S/C19H29N3O5S/c1-4-27-19(24)16-8-10-17(11-9-16)28(25,26)21-20-18(23)12-13-22-14(2)6-5-7-15(22)3/h8-11,14-15,21H,4-7,12-13H2,1-3H3,(H,20,23)/t14-,15+. The maximum absolute atomic E-state index is 12.3. The molecule has 0 unspecified atom stereocenters. The van der Waals surface area contributed by atoms with Crippen molar-refractivity contribution in [2.24, 2.45) is 0 Å². The van der Waals surface area contributed by atoms with Crippen LogP contribution in [0.25, 0.3) is 0 Å². The molecule has 0 aliphatic carbocycles. The summed E-state index contributed by atoms with van der Waals surface area (Å²) in [5.74, 6) is -0.912. The molecule has 1 aliphatic rings. The Balaban J connectivity index is 1.86. The zero-order valence-electron chi connectivity index (χ0n) is 16.6. The number of nitrogens with zero attached hydrogens (tertiary/aromatic N) is 1. The third-order valence-corrected chi connectivity index (χ3v) is 6.24. The van der Waals surface area contributed by atoms with Crippen LogP contribution in [0.1, 0.15) is 56.8 Å². The summed E-state index contributed by atoms with van der Waals surface area (Å²) in [6.07, 6.45) is 3.62. The van der Waals surface area contributed by atoms with Gasteiger partial charge in [0.15, 0.2) is 0 Å². The van der Waals surface area contributed by atoms with Gasteiger partial charge in [-0.1, -0.05) is 6.42 Å². The van der Waals surface area contributed by atoms with Gasteiger partial charge in [-0.15, -0.1) is 4.83 Å². The van der Waals surface area contributed by atoms with E-state index in [1.165, 1.54) is 30.7 Å². The summed E-state index contributed by atoms with van der Waals surface area (Å²) in [6.45, 7) is 6.81. The van der Waals surface area contributed by atoms with Gasteiger partial charge in [-0.05, 0) is 57.9 Å². The first-order valence-corrected chi connectivity index (χ1v) is 11.1. The quantitative estimate of drug-likeness (QED) is 0.499. The van der Waals surface area contributed by atoms with E-state index >= 15 is 0 Å². The Kier molecular flexibility index (Phi) is 7.97. The molecule has 1 heterocycles. The van der Waals surface area contributed by atoms with Crippen LogP contribution in [-0.4, -0.2) is 50.4 Å². The number of hydrogen-bond acceptors (Lipinski definition) is 6. The van der Waals surface area contributed by atoms with Gasteiger partial charge in [0.05, 0.1) is 17.1 Å². The number of ether oxygens (including phenoxy) is 1. The van der Waals surface area contributed by atoms with Crippen LogP contribution in [0.5, 0.6) is 0 Å². The fourth-order valence-electron chi connectivity index (χ4n) is 3.38. The number of hydrazine groups is 1. The third-order valence-electron chi connectivity index (χ3n) is 4.97. The summed E-state index contributed by atoms with van der Waals surface area (Å²) < 4.78 is 29.5. The molecule has 0 bridgehead atoms. The number of esters is 1. The number of carbonyl (C=O) groups excluding carboxylic acids is 2. The Hall–Kier alpha value is -1.97. The average Bonchev–Trinajstić information content (AvgIpc) is 2.66. The zero-order valence-corrected chi connectivity index (χ0v) is 17.4. The highest BCUT2D eigenvalue weighted by Crippen LogP contribution is 2.22. The van der Waals surface area contributed by atoms with Crippen molar-refractivity contribution in [1.29, 1.82) is 0 Å². The van der Waals surface area contributed by atoms with Crippen molar-refractivity contribution < 1.29 is 22.7 Å². The second kappa shape index (κ2) is 9.99. The minimum absolute atomic E-state index is 0.0564. The third kappa shape index (κ3) is 6.02. The summed E-state index contributed by atoms with van der Waals surface area (Å²) in [5, 5.41) is 0. The largest absolute Gasteiger partial charge is 0.462 e. The molecule has 1 fully saturated rings. The summed E-state index contributed by atoms with van der Waals surface area (Å²) in [7, 11) is -3.92. The molecule has 2 N–H and O–H groups in total. The molecular formula is C19H29N3O5S. The molecule has 156 valence electrons. The Morgan fingerprint density at radius 1 is 1.14 bits per heavy atom. The van der Waals surface area contributed by atoms with Crippen LogP contribution in [-0.2, 0) is 19.6 Å². The highest BCUT2D eigenvalue weighted by atomic mass is 32.2. The number of benzene rings is 1. The molecule has 28 heavy (non-hydrogen) atoms. The molecule has 9 heteroatoms. The summed E-state index contributed by atoms with van der Waals surface area (Å²) >= 11 is 0. The van der Waals surface area contributed by atoms with Crippen LogP contribution in [0.15, 0.2) is 29.2 Å². The first-order valence-electron chi connectivity index (χ1n) is 9.58. The van der Waals surface area contributed by atoms with Gasteiger partial charge in [0, 0.05) is 25.0 Å². The molecule has 0 spiro atoms. The minimum atomic E-state index is -3.92. The number of hydrogen-bond donors (Lipinski definition) is 2. The van der Waals surface area contributed by atoms with Crippen molar-refractivity contribution >= 4 is 21.9 Å². The molecule has 1 aliphatic heterocycles. The Bertz CT molecular complexity index is 769. The van der Waals surface area contributed by atoms with Crippen molar-refractivity contribution in [3.8, 4) is 0 Å². The van der Waals surface area contributed by atoms with E-state index in [0.717, 1.165) is 12.8 Å². The molecule has 0 aromatic heterocycles. The molecule has 1 amide bonds. The summed E-state index contributed by atoms with van der Waals surface area (Å²) in [5.41, 5.74) is 2.51. The first kappa shape index (κ1) is 22.3. The molecule has 8 nitrogen and oxygen atoms in total. The maximum atomic E-state index is 12.3. The molecule has 2 atom stereocenters. The summed E-state index contributed by atoms with van der Waals surface area (Å²) in [4.78, 5) is 28.0. The van der Waals surface area contributed by atoms with Gasteiger partial charge in [-0.3, -0.25) is 15.1 Å². The van der Waals surface area contributed by atoms with Crippen molar-refractivity contribution in [1.82, 2.24) is 15.2 Å². The number of nitrogens with one attached hydrogen (secondary N) is 2. The van der Waals surface area contributed by atoms with Crippen LogP contribution in [0, 0.1) is 0 Å². The van der Waals surface area contributed by atoms with Gasteiger partial charge in [-0.2, -0.15) is 0 Å². The number of rotatable bonds is 8. The van der Waals surface area contributed by atoms with Crippen LogP contribution >= 0.6 is 0 Å². The van der Waals surface area contributed by atoms with Crippen molar-refractivity contribution in [3.05, 3.63) is 29.8 Å². The van der Waals surface area contributed by atoms with Gasteiger partial charge in [-0.25, -0.2) is 13.2 Å². The lowest BCUT2D eigenvalue weighted by atomic mass is 9.97. The zero-order chi connectivity index (χ0) is 20.7. The number of piperidine rings is 1. The van der Waals surface area contributed by atoms with Crippen molar-refractivity contribution in [3.63, 3.8) is 0 Å². The van der Waals surface area contributed by atoms with E-state index in [2.05, 4.69) is 29.0 Å². The van der Waals surface area contributed by atoms with E-state index < -0.39 is 21.9 Å². The lowest BCUT2D eigenvalue weighted by Gasteiger charge is -2.38. The van der Waals surface area contributed by atoms with E-state index in [-0.39, 0.29) is 23.5 Å². The number of amides is 1. The Labute approximate surface area is 166 Å². The smallest absolute Gasteiger partial charge is 0.338 e. The Morgan fingerprint density at radius 2 is 1.75 bits per heavy atom. The van der Waals surface area contributed by atoms with Gasteiger partial charge in [0.2, 0.25) is 5.91 Å². The first-order chi connectivity index (χ1) is 13.2. The monoisotopic (exact) mass is 411 g/mol. The van der Waals surface area contributed by atoms with Gasteiger partial charge < -0.3 is 4.74 Å². The molecular weight excluding hydrogens is 382 g/mol. The number of likely N-dealkylation sites (tertiary alicyclic amines) is 1. The molecule has 2 rings (SSSR count). The van der Waals surface area contributed by atoms with Gasteiger partial charge in [0.25, 0.3) is 10.0 Å². The predicted molar refractivity (Wildman–Crippen MR) is 105 cm³/mol. The second-order valence-corrected chi connectivity index (χ2v) is 8.70. The second-order valence-electron chi connectivity index (χ2n) is 7.02. The molecule has 1 aromatic rings. The van der Waals surface area contributed by atoms with E-state index in [0.29, 0.717) is 18.6 Å². The van der Waals surface area contributed by atoms with E-state index in [1.807, 2.05) is 0 Å². The average molecular weight is 412 g/mol. The van der Waals surface area contributed by atoms with Gasteiger partial charge in [0.1, 0.15) is 0 Å². The fraction of sp³-hybridized carbons (Fsp3) is 0.579. The Morgan fingerprint density at radius 3 is 2.32 bits per heavy atom. The van der Waals surface area contributed by atoms with Crippen molar-refractivity contribution in [2.45, 2.75) is 63.4 Å². The molecule has 0 saturated carbocycles. The van der Waals surface area contributed by atoms with Crippen molar-refractivity contribution in [2.75, 3.05) is 13.2 Å². The normalized spacial score (nSPS) is 20.5. The van der Waals surface area contributed by atoms with Crippen LogP contribution in [0.4, 0.5) is 0 Å². The minimum Gasteiger partial charge on any atom is -0.462 e. The lowest BCUT2D eigenvalue weighted by Crippen LogP contribution is -2.47. The predicted octanol–water partition coefficient (Wildman–Crippen LogP) is 1.83. The van der Waals surface area contributed by atoms with E-state index in [4.69, 9.17) is 4.74 Å². The van der Waals surface area contributed by atoms with Crippen LogP contribution in [0.2, 0.25) is 0 Å². The fourth-order valence-corrected chi connectivity index (χ4v) is 4.24. The van der Waals surface area contributed by atoms with Gasteiger partial charge >= 0.3 is 5.97 Å². The van der Waals surface area contributed by atoms with Crippen LogP contribution < -0.4 is 10.3 Å². The molecule has 1 saturated heterocycles. The van der Waals surface area contributed by atoms with Crippen LogP contribution in [0.3, 0.4) is 0 Å². The number of sulfonamides is 1. The maximum Gasteiger partial charge on any atom is 0.338 e. The highest BCUT2D eigenvalue weighted by Gasteiger charge is 2.25. The topological polar surface area (TPSA) is 105 Å². The SMILES string of the molecule is CCOC(=O)c1ccc(S(=O)(=O)NNC(=O)CCN2[C@H](C)CCC[C@@H]2C)cc1. The lowest BCUT2D eigenvalue weighted by molar-refractivity contribution is -0.122. The molecule has 0 radical (unpaired) electrons. The van der Waals surface area contributed by atoms with E-state index in [1.54, 1.807) is 6.92 Å². The highest BCUT2D eigenvalue weighted by molar-refractivity contribution is 7.89. The van der Waals surface area contributed by atoms with E-state index in [9.17, 15) is 18.0 Å².